The van der Waals surface area contributed by atoms with Crippen molar-refractivity contribution in [2.24, 2.45) is 17.6 Å². The van der Waals surface area contributed by atoms with E-state index in [1.807, 2.05) is 0 Å². The molecule has 3 heterocycles. The Labute approximate surface area is 253 Å². The number of fused-ring (bicyclic) bond motifs is 2. The number of nitrogens with zero attached hydrogens (tertiary/aromatic N) is 3. The second-order valence-corrected chi connectivity index (χ2v) is 12.3. The van der Waals surface area contributed by atoms with E-state index in [9.17, 15) is 41.5 Å². The Balaban J connectivity index is 0.000000854. The summed E-state index contributed by atoms with van der Waals surface area (Å²) in [4.78, 5) is 54.6. The highest BCUT2D eigenvalue weighted by atomic mass is 32.2. The highest BCUT2D eigenvalue weighted by Crippen LogP contribution is 2.47. The quantitative estimate of drug-likeness (QED) is 0.220. The topological polar surface area (TPSA) is 214 Å². The lowest BCUT2D eigenvalue weighted by atomic mass is 10.1. The first kappa shape index (κ1) is 33.3. The summed E-state index contributed by atoms with van der Waals surface area (Å²) in [5.41, 5.74) is 3.28. The molecule has 14 nitrogen and oxygen atoms in total. The van der Waals surface area contributed by atoms with Crippen LogP contribution in [-0.4, -0.2) is 82.9 Å². The zero-order valence-electron chi connectivity index (χ0n) is 24.0. The number of rotatable bonds is 7. The lowest BCUT2D eigenvalue weighted by Gasteiger charge is -2.23. The van der Waals surface area contributed by atoms with E-state index in [1.54, 1.807) is 4.90 Å². The Morgan fingerprint density at radius 1 is 1.07 bits per heavy atom. The van der Waals surface area contributed by atoms with Crippen molar-refractivity contribution in [3.63, 3.8) is 0 Å². The number of aromatic carboxylic acids is 1. The molecule has 1 saturated carbocycles. The van der Waals surface area contributed by atoms with Gasteiger partial charge < -0.3 is 26.4 Å². The van der Waals surface area contributed by atoms with Crippen molar-refractivity contribution >= 4 is 44.8 Å². The fraction of sp³-hybridized carbons (Fsp3) is 0.370. The summed E-state index contributed by atoms with van der Waals surface area (Å²) in [6, 6.07) is 1.71. The van der Waals surface area contributed by atoms with Crippen LogP contribution in [0.5, 0.6) is 0 Å². The molecule has 0 spiro atoms. The highest BCUT2D eigenvalue weighted by molar-refractivity contribution is 7.85. The summed E-state index contributed by atoms with van der Waals surface area (Å²) in [5, 5.41) is 14.5. The molecule has 1 aromatic carbocycles. The van der Waals surface area contributed by atoms with Gasteiger partial charge in [-0.3, -0.25) is 23.5 Å². The maximum Gasteiger partial charge on any atom is 0.341 e. The van der Waals surface area contributed by atoms with Gasteiger partial charge in [0.2, 0.25) is 17.2 Å². The van der Waals surface area contributed by atoms with Gasteiger partial charge >= 0.3 is 5.97 Å². The molecule has 2 amide bonds. The van der Waals surface area contributed by atoms with Crippen LogP contribution in [0.3, 0.4) is 0 Å². The number of anilines is 1. The van der Waals surface area contributed by atoms with Gasteiger partial charge in [-0.1, -0.05) is 0 Å². The molecular weight excluding hydrogens is 625 g/mol. The summed E-state index contributed by atoms with van der Waals surface area (Å²) in [7, 11) is -3.67. The van der Waals surface area contributed by atoms with Crippen LogP contribution in [0.15, 0.2) is 35.3 Å². The van der Waals surface area contributed by atoms with Crippen molar-refractivity contribution in [2.75, 3.05) is 24.2 Å². The lowest BCUT2D eigenvalue weighted by Crippen LogP contribution is -2.50. The number of aromatic nitrogens is 2. The Morgan fingerprint density at radius 2 is 1.67 bits per heavy atom. The van der Waals surface area contributed by atoms with Gasteiger partial charge in [0.25, 0.3) is 10.1 Å². The van der Waals surface area contributed by atoms with Crippen LogP contribution in [0.4, 0.5) is 19.0 Å². The minimum Gasteiger partial charge on any atom is -0.477 e. The lowest BCUT2D eigenvalue weighted by molar-refractivity contribution is -0.129. The minimum atomic E-state index is -3.67. The average molecular weight is 655 g/mol. The summed E-state index contributed by atoms with van der Waals surface area (Å²) < 4.78 is 70.3. The number of piperidine rings is 1. The third-order valence-electron chi connectivity index (χ3n) is 7.28. The number of nitrogens with one attached hydrogen (secondary N) is 2. The first-order valence-electron chi connectivity index (χ1n) is 13.4. The van der Waals surface area contributed by atoms with Crippen molar-refractivity contribution < 1.29 is 45.6 Å². The largest absolute Gasteiger partial charge is 0.477 e. The predicted molar refractivity (Wildman–Crippen MR) is 154 cm³/mol. The van der Waals surface area contributed by atoms with Gasteiger partial charge in [0.1, 0.15) is 23.2 Å². The molecule has 2 fully saturated rings. The number of nitrogens with two attached hydrogens (primary N) is 1. The predicted octanol–water partition coefficient (Wildman–Crippen LogP) is 0.408. The number of carbonyl (C=O) groups is 3. The molecule has 1 saturated heterocycles. The first-order chi connectivity index (χ1) is 20.9. The average Bonchev–Trinajstić information content (AvgIpc) is 3.34. The molecule has 0 bridgehead atoms. The van der Waals surface area contributed by atoms with Gasteiger partial charge in [-0.2, -0.15) is 8.42 Å². The second-order valence-electron chi connectivity index (χ2n) is 10.8. The first-order valence-corrected chi connectivity index (χ1v) is 15.2. The summed E-state index contributed by atoms with van der Waals surface area (Å²) in [6.07, 6.45) is 1.59. The van der Waals surface area contributed by atoms with Gasteiger partial charge in [0.15, 0.2) is 17.3 Å². The molecule has 6 N–H and O–H groups in total. The number of amides is 2. The molecule has 45 heavy (non-hydrogen) atoms. The molecular formula is C27H29F3N6O8S. The number of carboxylic acid groups (broad SMARTS) is 1. The number of carbonyl (C=O) groups excluding carboxylic acids is 2. The van der Waals surface area contributed by atoms with E-state index in [-0.39, 0.29) is 46.3 Å². The molecule has 5 rings (SSSR count). The fourth-order valence-electron chi connectivity index (χ4n) is 5.06. The smallest absolute Gasteiger partial charge is 0.341 e. The third-order valence-corrected chi connectivity index (χ3v) is 7.28. The van der Waals surface area contributed by atoms with Crippen LogP contribution in [0.25, 0.3) is 16.7 Å². The van der Waals surface area contributed by atoms with Crippen LogP contribution in [0, 0.1) is 29.3 Å². The highest BCUT2D eigenvalue weighted by Gasteiger charge is 2.57. The molecule has 1 unspecified atom stereocenters. The molecule has 1 aliphatic heterocycles. The van der Waals surface area contributed by atoms with E-state index >= 15 is 4.39 Å². The molecule has 5 atom stereocenters. The van der Waals surface area contributed by atoms with E-state index in [1.165, 1.54) is 13.8 Å². The molecule has 2 aromatic heterocycles. The number of hydrogen-bond acceptors (Lipinski definition) is 9. The van der Waals surface area contributed by atoms with Crippen LogP contribution < -0.4 is 26.7 Å². The third kappa shape index (κ3) is 7.40. The van der Waals surface area contributed by atoms with Crippen LogP contribution in [-0.2, 0) is 19.7 Å². The number of carboxylic acids is 1. The summed E-state index contributed by atoms with van der Waals surface area (Å²) >= 11 is 0. The fourth-order valence-corrected chi connectivity index (χ4v) is 5.06. The zero-order valence-corrected chi connectivity index (χ0v) is 24.8. The van der Waals surface area contributed by atoms with Crippen molar-refractivity contribution in [2.45, 2.75) is 32.0 Å². The SMILES string of the molecule is CS(=O)(=O)O.C[C@H](N)C(=O)N[C@@H](C)C(=O)NC1[C@H]2CN(c3nc4c(cc3F)c(=O)c(C(=O)O)cn4-c3ccc(F)cc3F)C[C@@H]12. The molecule has 2 aliphatic rings. The second kappa shape index (κ2) is 12.4. The molecule has 1 aliphatic carbocycles. The van der Waals surface area contributed by atoms with Crippen LogP contribution >= 0.6 is 0 Å². The van der Waals surface area contributed by atoms with Crippen molar-refractivity contribution in [3.05, 3.63) is 63.7 Å². The number of halogens is 3. The van der Waals surface area contributed by atoms with E-state index in [0.29, 0.717) is 25.4 Å². The van der Waals surface area contributed by atoms with Crippen molar-refractivity contribution in [1.29, 1.82) is 0 Å². The van der Waals surface area contributed by atoms with Crippen LogP contribution in [0.2, 0.25) is 0 Å². The van der Waals surface area contributed by atoms with Gasteiger partial charge in [-0.15, -0.1) is 0 Å². The van der Waals surface area contributed by atoms with Crippen molar-refractivity contribution in [1.82, 2.24) is 20.2 Å². The number of hydrogen-bond donors (Lipinski definition) is 5. The Hall–Kier alpha value is -4.55. The summed E-state index contributed by atoms with van der Waals surface area (Å²) in [5.74, 6) is -5.42. The van der Waals surface area contributed by atoms with E-state index in [0.717, 1.165) is 29.0 Å². The minimum absolute atomic E-state index is 0.0247. The number of pyridine rings is 2. The molecule has 242 valence electrons. The van der Waals surface area contributed by atoms with Gasteiger partial charge in [0.05, 0.1) is 23.4 Å². The maximum absolute atomic E-state index is 15.2. The standard InChI is InChI=1S/C26H25F3N6O5.CH4O3S/c1-10(30)24(37)31-11(2)25(38)32-20-14-7-34(8-15(14)20)23-18(29)6-13-21(36)16(26(39)40)9-35(22(13)33-23)19-4-3-12(27)5-17(19)28;1-5(2,3)4/h3-6,9-11,14-15,20H,7-8,30H2,1-2H3,(H,31,37)(H,32,38)(H,39,40);1H3,(H,2,3,4)/t10-,11-,14-,15+,20?;/m0./s1. The number of benzene rings is 1. The molecule has 18 heteroatoms. The van der Waals surface area contributed by atoms with E-state index in [4.69, 9.17) is 10.3 Å². The Morgan fingerprint density at radius 3 is 2.20 bits per heavy atom. The zero-order chi connectivity index (χ0) is 33.5. The van der Waals surface area contributed by atoms with Gasteiger partial charge in [-0.05, 0) is 32.0 Å². The normalized spacial score (nSPS) is 20.0. The molecule has 0 radical (unpaired) electrons. The maximum atomic E-state index is 15.2. The van der Waals surface area contributed by atoms with E-state index < -0.39 is 62.5 Å². The van der Waals surface area contributed by atoms with Crippen molar-refractivity contribution in [3.8, 4) is 5.69 Å². The Bertz CT molecular complexity index is 1850. The van der Waals surface area contributed by atoms with Crippen LogP contribution in [0.1, 0.15) is 24.2 Å². The Kier molecular flexibility index (Phi) is 9.22. The van der Waals surface area contributed by atoms with Gasteiger partial charge in [0, 0.05) is 43.2 Å². The van der Waals surface area contributed by atoms with Gasteiger partial charge in [-0.25, -0.2) is 22.9 Å². The summed E-state index contributed by atoms with van der Waals surface area (Å²) in [6.45, 7) is 3.66. The monoisotopic (exact) mass is 654 g/mol. The van der Waals surface area contributed by atoms with E-state index in [2.05, 4.69) is 15.6 Å². The molecule has 3 aromatic rings.